The molecule has 0 bridgehead atoms. The van der Waals surface area contributed by atoms with Gasteiger partial charge in [0.05, 0.1) is 27.8 Å². The van der Waals surface area contributed by atoms with Crippen molar-refractivity contribution in [1.82, 2.24) is 9.80 Å². The number of unbranched alkanes of at least 4 members (excludes halogenated alkanes) is 1. The molecule has 5 amide bonds. The number of amides is 5. The minimum Gasteiger partial charge on any atom is -0.452 e. The van der Waals surface area contributed by atoms with Crippen molar-refractivity contribution in [3.8, 4) is 0 Å². The monoisotopic (exact) mass is 463 g/mol. The normalized spacial score (nSPS) is 14.4. The molecule has 4 rings (SSSR count). The largest absolute Gasteiger partial charge is 0.452 e. The van der Waals surface area contributed by atoms with Crippen molar-refractivity contribution in [1.29, 1.82) is 0 Å². The fourth-order valence-electron chi connectivity index (χ4n) is 3.79. The van der Waals surface area contributed by atoms with Gasteiger partial charge in [0.25, 0.3) is 29.5 Å². The number of anilines is 1. The molecule has 34 heavy (non-hydrogen) atoms. The predicted molar refractivity (Wildman–Crippen MR) is 118 cm³/mol. The second kappa shape index (κ2) is 8.89. The van der Waals surface area contributed by atoms with E-state index in [1.165, 1.54) is 43.4 Å². The number of nitrogens with one attached hydrogen (secondary N) is 1. The van der Waals surface area contributed by atoms with Gasteiger partial charge in [-0.15, -0.1) is 0 Å². The van der Waals surface area contributed by atoms with E-state index in [1.807, 2.05) is 6.92 Å². The lowest BCUT2D eigenvalue weighted by molar-refractivity contribution is -0.119. The molecule has 2 aliphatic rings. The SMILES string of the molecule is CCCCN1C(=O)c2ccc(C(=O)OCC(=O)Nc3ccc4c(c3)C(=O)N(C)C4=O)cc2C1=O. The zero-order valence-corrected chi connectivity index (χ0v) is 18.5. The summed E-state index contributed by atoms with van der Waals surface area (Å²) in [5.74, 6) is -3.24. The number of carbonyl (C=O) groups excluding carboxylic acids is 6. The van der Waals surface area contributed by atoms with Crippen molar-refractivity contribution in [3.05, 3.63) is 64.2 Å². The second-order valence-corrected chi connectivity index (χ2v) is 7.93. The number of rotatable bonds is 7. The van der Waals surface area contributed by atoms with Crippen LogP contribution in [-0.4, -0.2) is 65.5 Å². The van der Waals surface area contributed by atoms with Gasteiger partial charge in [-0.1, -0.05) is 13.3 Å². The van der Waals surface area contributed by atoms with E-state index in [1.54, 1.807) is 0 Å². The van der Waals surface area contributed by atoms with Crippen LogP contribution in [-0.2, 0) is 9.53 Å². The smallest absolute Gasteiger partial charge is 0.338 e. The number of benzene rings is 2. The Kier molecular flexibility index (Phi) is 5.97. The van der Waals surface area contributed by atoms with Gasteiger partial charge in [0.2, 0.25) is 0 Å². The molecule has 2 aliphatic heterocycles. The van der Waals surface area contributed by atoms with Crippen LogP contribution in [0.15, 0.2) is 36.4 Å². The Morgan fingerprint density at radius 3 is 2.21 bits per heavy atom. The summed E-state index contributed by atoms with van der Waals surface area (Å²) in [7, 11) is 1.37. The van der Waals surface area contributed by atoms with Gasteiger partial charge in [0.15, 0.2) is 6.61 Å². The predicted octanol–water partition coefficient (Wildman–Crippen LogP) is 2.10. The number of ether oxygens (including phenoxy) is 1. The highest BCUT2D eigenvalue weighted by Gasteiger charge is 2.36. The molecule has 0 unspecified atom stereocenters. The third-order valence-corrected chi connectivity index (χ3v) is 5.65. The van der Waals surface area contributed by atoms with Crippen LogP contribution in [0.4, 0.5) is 5.69 Å². The number of hydrogen-bond donors (Lipinski definition) is 1. The van der Waals surface area contributed by atoms with E-state index in [4.69, 9.17) is 4.74 Å². The minimum atomic E-state index is -0.832. The summed E-state index contributed by atoms with van der Waals surface area (Å²) in [4.78, 5) is 75.8. The van der Waals surface area contributed by atoms with E-state index in [-0.39, 0.29) is 33.5 Å². The summed E-state index contributed by atoms with van der Waals surface area (Å²) in [6.07, 6.45) is 1.50. The first-order valence-electron chi connectivity index (χ1n) is 10.7. The third kappa shape index (κ3) is 3.94. The standard InChI is InChI=1S/C24H21N3O7/c1-3-4-9-27-22(31)16-7-5-13(10-17(16)23(27)32)24(33)34-12-19(28)25-14-6-8-15-18(11-14)21(30)26(2)20(15)29/h5-8,10-11H,3-4,9,12H2,1-2H3,(H,25,28). The van der Waals surface area contributed by atoms with Gasteiger partial charge >= 0.3 is 5.97 Å². The van der Waals surface area contributed by atoms with Crippen LogP contribution in [0, 0.1) is 0 Å². The molecule has 0 aromatic heterocycles. The van der Waals surface area contributed by atoms with Gasteiger partial charge in [-0.05, 0) is 42.8 Å². The van der Waals surface area contributed by atoms with Gasteiger partial charge in [-0.2, -0.15) is 0 Å². The molecular weight excluding hydrogens is 442 g/mol. The fraction of sp³-hybridized carbons (Fsp3) is 0.250. The maximum atomic E-state index is 12.5. The van der Waals surface area contributed by atoms with Crippen molar-refractivity contribution in [2.24, 2.45) is 0 Å². The maximum absolute atomic E-state index is 12.5. The Morgan fingerprint density at radius 2 is 1.47 bits per heavy atom. The highest BCUT2D eigenvalue weighted by Crippen LogP contribution is 2.26. The van der Waals surface area contributed by atoms with Crippen LogP contribution in [0.3, 0.4) is 0 Å². The van der Waals surface area contributed by atoms with Crippen molar-refractivity contribution >= 4 is 41.2 Å². The number of hydrogen-bond acceptors (Lipinski definition) is 7. The summed E-state index contributed by atoms with van der Waals surface area (Å²) in [5, 5.41) is 2.50. The van der Waals surface area contributed by atoms with E-state index in [0.29, 0.717) is 13.0 Å². The lowest BCUT2D eigenvalue weighted by Gasteiger charge is -2.12. The lowest BCUT2D eigenvalue weighted by Crippen LogP contribution is -2.30. The van der Waals surface area contributed by atoms with Gasteiger partial charge in [0, 0.05) is 19.3 Å². The fourth-order valence-corrected chi connectivity index (χ4v) is 3.79. The first kappa shape index (κ1) is 22.8. The molecule has 0 atom stereocenters. The summed E-state index contributed by atoms with van der Waals surface area (Å²) < 4.78 is 5.03. The van der Waals surface area contributed by atoms with Gasteiger partial charge in [0.1, 0.15) is 0 Å². The van der Waals surface area contributed by atoms with Crippen molar-refractivity contribution in [2.75, 3.05) is 25.5 Å². The van der Waals surface area contributed by atoms with E-state index in [9.17, 15) is 28.8 Å². The Morgan fingerprint density at radius 1 is 0.853 bits per heavy atom. The number of imide groups is 2. The highest BCUT2D eigenvalue weighted by atomic mass is 16.5. The molecule has 0 radical (unpaired) electrons. The molecule has 174 valence electrons. The summed E-state index contributed by atoms with van der Waals surface area (Å²) >= 11 is 0. The summed E-state index contributed by atoms with van der Waals surface area (Å²) in [5.41, 5.74) is 1.08. The topological polar surface area (TPSA) is 130 Å². The zero-order valence-electron chi connectivity index (χ0n) is 18.5. The number of nitrogens with zero attached hydrogens (tertiary/aromatic N) is 2. The number of carbonyl (C=O) groups is 6. The first-order chi connectivity index (χ1) is 16.2. The van der Waals surface area contributed by atoms with Gasteiger partial charge < -0.3 is 10.1 Å². The van der Waals surface area contributed by atoms with Crippen LogP contribution >= 0.6 is 0 Å². The van der Waals surface area contributed by atoms with Crippen molar-refractivity contribution in [2.45, 2.75) is 19.8 Å². The Hall–Kier alpha value is -4.34. The van der Waals surface area contributed by atoms with Crippen molar-refractivity contribution in [3.63, 3.8) is 0 Å². The summed E-state index contributed by atoms with van der Waals surface area (Å²) in [6, 6.07) is 8.35. The van der Waals surface area contributed by atoms with E-state index in [0.717, 1.165) is 16.2 Å². The molecule has 0 fully saturated rings. The lowest BCUT2D eigenvalue weighted by atomic mass is 10.1. The van der Waals surface area contributed by atoms with Crippen LogP contribution in [0.2, 0.25) is 0 Å². The number of esters is 1. The van der Waals surface area contributed by atoms with Crippen LogP contribution < -0.4 is 5.32 Å². The average molecular weight is 463 g/mol. The molecule has 2 heterocycles. The molecule has 10 nitrogen and oxygen atoms in total. The molecule has 0 saturated heterocycles. The van der Waals surface area contributed by atoms with E-state index in [2.05, 4.69) is 5.32 Å². The number of fused-ring (bicyclic) bond motifs is 2. The van der Waals surface area contributed by atoms with Crippen LogP contribution in [0.25, 0.3) is 0 Å². The quantitative estimate of drug-likeness (QED) is 0.492. The van der Waals surface area contributed by atoms with Gasteiger partial charge in [-0.3, -0.25) is 33.8 Å². The third-order valence-electron chi connectivity index (χ3n) is 5.65. The average Bonchev–Trinajstić information content (AvgIpc) is 3.20. The van der Waals surface area contributed by atoms with Crippen LogP contribution in [0.5, 0.6) is 0 Å². The maximum Gasteiger partial charge on any atom is 0.338 e. The Bertz CT molecular complexity index is 1270. The molecule has 1 N–H and O–H groups in total. The minimum absolute atomic E-state index is 0.0368. The van der Waals surface area contributed by atoms with E-state index < -0.39 is 42.1 Å². The molecule has 10 heteroatoms. The molecular formula is C24H21N3O7. The molecule has 2 aromatic carbocycles. The molecule has 0 aliphatic carbocycles. The van der Waals surface area contributed by atoms with Crippen molar-refractivity contribution < 1.29 is 33.5 Å². The summed E-state index contributed by atoms with van der Waals surface area (Å²) in [6.45, 7) is 1.64. The highest BCUT2D eigenvalue weighted by molar-refractivity contribution is 6.22. The molecule has 0 saturated carbocycles. The Labute approximate surface area is 194 Å². The molecule has 2 aromatic rings. The Balaban J connectivity index is 1.38. The second-order valence-electron chi connectivity index (χ2n) is 7.93. The zero-order chi connectivity index (χ0) is 24.6. The van der Waals surface area contributed by atoms with E-state index >= 15 is 0 Å². The van der Waals surface area contributed by atoms with Crippen LogP contribution in [0.1, 0.15) is 71.6 Å². The van der Waals surface area contributed by atoms with Gasteiger partial charge in [-0.25, -0.2) is 4.79 Å². The molecule has 0 spiro atoms. The first-order valence-corrected chi connectivity index (χ1v) is 10.7.